The molecule has 0 aliphatic carbocycles. The number of amides is 1. The topological polar surface area (TPSA) is 138 Å². The fourth-order valence-corrected chi connectivity index (χ4v) is 3.62. The molecule has 4 aromatic rings. The van der Waals surface area contributed by atoms with Gasteiger partial charge in [0.1, 0.15) is 22.8 Å². The first-order valence-corrected chi connectivity index (χ1v) is 10.9. The number of carbonyl (C=O) groups excluding carboxylic acids is 1. The van der Waals surface area contributed by atoms with E-state index in [1.165, 1.54) is 21.7 Å². The average Bonchev–Trinajstić information content (AvgIpc) is 3.14. The number of fused-ring (bicyclic) bond motifs is 1. The molecule has 3 aromatic heterocycles. The van der Waals surface area contributed by atoms with Crippen LogP contribution in [-0.2, 0) is 11.2 Å². The van der Waals surface area contributed by atoms with Crippen LogP contribution < -0.4 is 16.4 Å². The molecule has 4 N–H and O–H groups in total. The Morgan fingerprint density at radius 2 is 1.86 bits per heavy atom. The third-order valence-corrected chi connectivity index (χ3v) is 5.13. The van der Waals surface area contributed by atoms with Crippen molar-refractivity contribution in [3.05, 3.63) is 59.4 Å². The Morgan fingerprint density at radius 3 is 2.49 bits per heavy atom. The van der Waals surface area contributed by atoms with E-state index in [1.807, 2.05) is 0 Å². The maximum Gasteiger partial charge on any atom is 0.414 e. The molecule has 0 unspecified atom stereocenters. The Labute approximate surface area is 199 Å². The number of aromatic nitrogens is 5. The van der Waals surface area contributed by atoms with Gasteiger partial charge >= 0.3 is 6.09 Å². The van der Waals surface area contributed by atoms with Crippen LogP contribution in [0.2, 0.25) is 0 Å². The monoisotopic (exact) mass is 482 g/mol. The highest BCUT2D eigenvalue weighted by atomic mass is 19.1. The fraction of sp³-hybridized carbons (Fsp3) is 0.261. The molecule has 1 amide bonds. The van der Waals surface area contributed by atoms with Crippen molar-refractivity contribution in [1.29, 1.82) is 0 Å². The number of ether oxygens (including phenoxy) is 1. The van der Waals surface area contributed by atoms with Gasteiger partial charge in [-0.25, -0.2) is 18.6 Å². The van der Waals surface area contributed by atoms with Crippen molar-refractivity contribution >= 4 is 34.4 Å². The summed E-state index contributed by atoms with van der Waals surface area (Å²) in [5.41, 5.74) is 13.8. The van der Waals surface area contributed by atoms with Gasteiger partial charge in [0.05, 0.1) is 23.5 Å². The number of hydrogen-bond donors (Lipinski definition) is 2. The highest BCUT2D eigenvalue weighted by Gasteiger charge is 2.25. The molecule has 0 atom stereocenters. The molecule has 3 heterocycles. The van der Waals surface area contributed by atoms with E-state index >= 15 is 0 Å². The lowest BCUT2D eigenvalue weighted by molar-refractivity contribution is 0.123. The number of nitrogen functional groups attached to an aromatic ring is 2. The van der Waals surface area contributed by atoms with Gasteiger partial charge in [-0.1, -0.05) is 18.2 Å². The molecule has 0 saturated carbocycles. The molecule has 0 saturated heterocycles. The molecule has 10 nitrogen and oxygen atoms in total. The minimum atomic E-state index is -0.653. The molecule has 35 heavy (non-hydrogen) atoms. The van der Waals surface area contributed by atoms with E-state index in [9.17, 15) is 13.6 Å². The molecule has 12 heteroatoms. The number of halogens is 2. The zero-order valence-corrected chi connectivity index (χ0v) is 19.4. The van der Waals surface area contributed by atoms with Gasteiger partial charge in [0, 0.05) is 19.0 Å². The van der Waals surface area contributed by atoms with Crippen molar-refractivity contribution in [2.24, 2.45) is 0 Å². The van der Waals surface area contributed by atoms with Gasteiger partial charge in [-0.05, 0) is 32.4 Å². The van der Waals surface area contributed by atoms with Gasteiger partial charge in [-0.2, -0.15) is 19.7 Å². The smallest absolute Gasteiger partial charge is 0.414 e. The van der Waals surface area contributed by atoms with Crippen LogP contribution in [0.4, 0.5) is 30.9 Å². The number of rotatable bonds is 6. The summed E-state index contributed by atoms with van der Waals surface area (Å²) in [6, 6.07) is 7.47. The average molecular weight is 482 g/mol. The second-order valence-corrected chi connectivity index (χ2v) is 7.97. The van der Waals surface area contributed by atoms with Crippen LogP contribution in [0.5, 0.6) is 0 Å². The maximum atomic E-state index is 14.3. The first kappa shape index (κ1) is 23.8. The lowest BCUT2D eigenvalue weighted by Crippen LogP contribution is -2.34. The molecule has 0 aliphatic rings. The number of pyridine rings is 1. The van der Waals surface area contributed by atoms with Crippen LogP contribution in [-0.4, -0.2) is 43.5 Å². The van der Waals surface area contributed by atoms with Crippen molar-refractivity contribution < 1.29 is 18.3 Å². The number of nitrogens with two attached hydrogens (primary N) is 2. The fourth-order valence-electron chi connectivity index (χ4n) is 3.62. The van der Waals surface area contributed by atoms with Gasteiger partial charge < -0.3 is 16.2 Å². The Kier molecular flexibility index (Phi) is 6.45. The summed E-state index contributed by atoms with van der Waals surface area (Å²) in [6.07, 6.45) is 0.138. The van der Waals surface area contributed by atoms with Crippen LogP contribution in [0.25, 0.3) is 17.0 Å². The van der Waals surface area contributed by atoms with Gasteiger partial charge in [0.2, 0.25) is 0 Å². The van der Waals surface area contributed by atoms with Crippen molar-refractivity contribution in [2.75, 3.05) is 22.9 Å². The molecule has 0 aliphatic heterocycles. The molecular formula is C23H24F2N8O2. The highest BCUT2D eigenvalue weighted by Crippen LogP contribution is 2.30. The normalized spacial score (nSPS) is 11.3. The quantitative estimate of drug-likeness (QED) is 0.425. The number of benzene rings is 1. The maximum absolute atomic E-state index is 14.3. The summed E-state index contributed by atoms with van der Waals surface area (Å²) in [5.74, 6) is -1.27. The summed E-state index contributed by atoms with van der Waals surface area (Å²) < 4.78 is 34.8. The summed E-state index contributed by atoms with van der Waals surface area (Å²) in [5, 5.41) is 4.47. The highest BCUT2D eigenvalue weighted by molar-refractivity contribution is 5.95. The molecule has 0 bridgehead atoms. The SMILES string of the molecule is CCN(C(=O)OC(C)C)c1c(N)nc(-n2nc(Cc3ccccc3F)c3ncc(F)cc32)nc1N. The van der Waals surface area contributed by atoms with E-state index < -0.39 is 17.7 Å². The first-order chi connectivity index (χ1) is 16.7. The molecule has 1 aromatic carbocycles. The van der Waals surface area contributed by atoms with E-state index in [0.717, 1.165) is 6.20 Å². The van der Waals surface area contributed by atoms with Crippen LogP contribution in [0.3, 0.4) is 0 Å². The Balaban J connectivity index is 1.81. The molecule has 182 valence electrons. The second kappa shape index (κ2) is 9.49. The standard InChI is InChI=1S/C23H24F2N8O2/c1-4-32(23(34)35-12(2)3)19-20(26)29-22(30-21(19)27)33-17-10-14(24)11-28-18(17)16(31-33)9-13-7-5-6-8-15(13)25/h5-8,10-12H,4,9H2,1-3H3,(H4,26,27,29,30). The molecule has 4 rings (SSSR count). The Bertz CT molecular complexity index is 1380. The predicted octanol–water partition coefficient (Wildman–Crippen LogP) is 3.62. The molecule has 0 radical (unpaired) electrons. The van der Waals surface area contributed by atoms with Gasteiger partial charge in [0.15, 0.2) is 11.6 Å². The third-order valence-electron chi connectivity index (χ3n) is 5.13. The minimum Gasteiger partial charge on any atom is -0.446 e. The van der Waals surface area contributed by atoms with Crippen LogP contribution >= 0.6 is 0 Å². The van der Waals surface area contributed by atoms with Gasteiger partial charge in [0.25, 0.3) is 5.95 Å². The first-order valence-electron chi connectivity index (χ1n) is 10.9. The van der Waals surface area contributed by atoms with E-state index in [4.69, 9.17) is 16.2 Å². The number of anilines is 3. The van der Waals surface area contributed by atoms with E-state index in [1.54, 1.807) is 39.0 Å². The van der Waals surface area contributed by atoms with Crippen molar-refractivity contribution in [3.8, 4) is 5.95 Å². The van der Waals surface area contributed by atoms with Crippen molar-refractivity contribution in [3.63, 3.8) is 0 Å². The Hall–Kier alpha value is -4.35. The predicted molar refractivity (Wildman–Crippen MR) is 127 cm³/mol. The van der Waals surface area contributed by atoms with Crippen molar-refractivity contribution in [1.82, 2.24) is 24.7 Å². The van der Waals surface area contributed by atoms with Crippen LogP contribution in [0.1, 0.15) is 32.0 Å². The molecular weight excluding hydrogens is 458 g/mol. The minimum absolute atomic E-state index is 0.0609. The van der Waals surface area contributed by atoms with E-state index in [2.05, 4.69) is 20.1 Å². The largest absolute Gasteiger partial charge is 0.446 e. The summed E-state index contributed by atoms with van der Waals surface area (Å²) >= 11 is 0. The summed E-state index contributed by atoms with van der Waals surface area (Å²) in [6.45, 7) is 5.36. The lowest BCUT2D eigenvalue weighted by Gasteiger charge is -2.23. The van der Waals surface area contributed by atoms with Gasteiger partial charge in [-0.3, -0.25) is 4.90 Å². The summed E-state index contributed by atoms with van der Waals surface area (Å²) in [4.78, 5) is 26.4. The molecule has 0 spiro atoms. The van der Waals surface area contributed by atoms with E-state index in [0.29, 0.717) is 16.8 Å². The van der Waals surface area contributed by atoms with Crippen LogP contribution in [0.15, 0.2) is 36.5 Å². The van der Waals surface area contributed by atoms with E-state index in [-0.39, 0.29) is 47.9 Å². The zero-order valence-electron chi connectivity index (χ0n) is 19.4. The number of carbonyl (C=O) groups is 1. The van der Waals surface area contributed by atoms with Crippen LogP contribution in [0, 0.1) is 11.6 Å². The zero-order chi connectivity index (χ0) is 25.3. The second-order valence-electron chi connectivity index (χ2n) is 7.97. The molecule has 0 fully saturated rings. The van der Waals surface area contributed by atoms with Gasteiger partial charge in [-0.15, -0.1) is 0 Å². The third kappa shape index (κ3) is 4.67. The number of hydrogen-bond acceptors (Lipinski definition) is 8. The number of nitrogens with zero attached hydrogens (tertiary/aromatic N) is 6. The lowest BCUT2D eigenvalue weighted by atomic mass is 10.1. The van der Waals surface area contributed by atoms with Crippen molar-refractivity contribution in [2.45, 2.75) is 33.3 Å². The summed E-state index contributed by atoms with van der Waals surface area (Å²) in [7, 11) is 0. The Morgan fingerprint density at radius 1 is 1.17 bits per heavy atom.